The summed E-state index contributed by atoms with van der Waals surface area (Å²) in [5, 5.41) is 6.14. The van der Waals surface area contributed by atoms with Crippen LogP contribution >= 0.6 is 0 Å². The molecule has 4 aromatic rings. The van der Waals surface area contributed by atoms with Crippen molar-refractivity contribution >= 4 is 22.5 Å². The van der Waals surface area contributed by atoms with Gasteiger partial charge in [-0.05, 0) is 29.8 Å². The third-order valence-electron chi connectivity index (χ3n) is 4.48. The van der Waals surface area contributed by atoms with E-state index in [1.807, 2.05) is 66.7 Å². The topological polar surface area (TPSA) is 61.2 Å². The van der Waals surface area contributed by atoms with Crippen LogP contribution in [-0.4, -0.2) is 28.1 Å². The van der Waals surface area contributed by atoms with E-state index in [1.165, 1.54) is 4.68 Å². The van der Waals surface area contributed by atoms with Gasteiger partial charge in [0.1, 0.15) is 0 Å². The Morgan fingerprint density at radius 1 is 0.893 bits per heavy atom. The Balaban J connectivity index is 1.86. The second kappa shape index (κ2) is 7.48. The van der Waals surface area contributed by atoms with Crippen LogP contribution in [-0.2, 0) is 4.74 Å². The molecule has 0 saturated heterocycles. The molecule has 0 fully saturated rings. The van der Waals surface area contributed by atoms with E-state index in [0.717, 1.165) is 16.5 Å². The minimum absolute atomic E-state index is 0.0173. The second-order valence-electron chi connectivity index (χ2n) is 6.25. The van der Waals surface area contributed by atoms with Crippen LogP contribution in [0.1, 0.15) is 33.3 Å². The van der Waals surface area contributed by atoms with Gasteiger partial charge in [0.15, 0.2) is 11.5 Å². The SMILES string of the molecule is CCOC(=O)c1nn(-c2ccccc2)cc1C(=O)c1cccc2ccccc12. The van der Waals surface area contributed by atoms with E-state index < -0.39 is 5.97 Å². The average Bonchev–Trinajstić information content (AvgIpc) is 3.19. The predicted molar refractivity (Wildman–Crippen MR) is 107 cm³/mol. The third-order valence-corrected chi connectivity index (χ3v) is 4.48. The minimum atomic E-state index is -0.610. The Hall–Kier alpha value is -3.73. The van der Waals surface area contributed by atoms with Crippen molar-refractivity contribution < 1.29 is 14.3 Å². The molecule has 5 nitrogen and oxygen atoms in total. The molecule has 0 bridgehead atoms. The maximum Gasteiger partial charge on any atom is 0.359 e. The first-order valence-corrected chi connectivity index (χ1v) is 9.03. The van der Waals surface area contributed by atoms with E-state index in [9.17, 15) is 9.59 Å². The molecule has 0 aliphatic heterocycles. The molecule has 1 aromatic heterocycles. The van der Waals surface area contributed by atoms with Crippen molar-refractivity contribution in [3.05, 3.63) is 95.8 Å². The zero-order valence-corrected chi connectivity index (χ0v) is 15.3. The molecule has 138 valence electrons. The number of ketones is 1. The van der Waals surface area contributed by atoms with E-state index in [4.69, 9.17) is 4.74 Å². The number of fused-ring (bicyclic) bond motifs is 1. The van der Waals surface area contributed by atoms with Crippen LogP contribution in [0.5, 0.6) is 0 Å². The number of ether oxygens (including phenoxy) is 1. The second-order valence-corrected chi connectivity index (χ2v) is 6.25. The molecule has 0 unspecified atom stereocenters. The number of esters is 1. The summed E-state index contributed by atoms with van der Waals surface area (Å²) in [6, 6.07) is 22.5. The smallest absolute Gasteiger partial charge is 0.359 e. The molecule has 0 aliphatic rings. The average molecular weight is 370 g/mol. The number of hydrogen-bond acceptors (Lipinski definition) is 4. The maximum atomic E-state index is 13.4. The van der Waals surface area contributed by atoms with Crippen molar-refractivity contribution in [1.82, 2.24) is 9.78 Å². The molecule has 0 spiro atoms. The fourth-order valence-corrected chi connectivity index (χ4v) is 3.17. The van der Waals surface area contributed by atoms with Crippen LogP contribution in [0.3, 0.4) is 0 Å². The molecule has 0 saturated carbocycles. The molecule has 1 heterocycles. The van der Waals surface area contributed by atoms with E-state index in [2.05, 4.69) is 5.10 Å². The number of carbonyl (C=O) groups excluding carboxylic acids is 2. The number of nitrogens with zero attached hydrogens (tertiary/aromatic N) is 2. The quantitative estimate of drug-likeness (QED) is 0.385. The number of rotatable bonds is 5. The highest BCUT2D eigenvalue weighted by Gasteiger charge is 2.25. The first-order chi connectivity index (χ1) is 13.7. The Bertz CT molecular complexity index is 1160. The van der Waals surface area contributed by atoms with E-state index in [1.54, 1.807) is 19.2 Å². The number of benzene rings is 3. The van der Waals surface area contributed by atoms with Gasteiger partial charge in [0, 0.05) is 11.8 Å². The molecule has 0 amide bonds. The van der Waals surface area contributed by atoms with E-state index in [0.29, 0.717) is 5.56 Å². The van der Waals surface area contributed by atoms with Crippen molar-refractivity contribution in [2.75, 3.05) is 6.61 Å². The monoisotopic (exact) mass is 370 g/mol. The standard InChI is InChI=1S/C23H18N2O3/c1-2-28-23(27)21-20(15-25(24-21)17-11-4-3-5-12-17)22(26)19-14-8-10-16-9-6-7-13-18(16)19/h3-15H,2H2,1H3. The zero-order valence-electron chi connectivity index (χ0n) is 15.3. The van der Waals surface area contributed by atoms with Crippen LogP contribution in [0.15, 0.2) is 79.0 Å². The van der Waals surface area contributed by atoms with Crippen molar-refractivity contribution in [3.63, 3.8) is 0 Å². The molecule has 0 atom stereocenters. The van der Waals surface area contributed by atoms with Gasteiger partial charge in [-0.1, -0.05) is 60.7 Å². The summed E-state index contributed by atoms with van der Waals surface area (Å²) in [7, 11) is 0. The highest BCUT2D eigenvalue weighted by molar-refractivity contribution is 6.19. The summed E-state index contributed by atoms with van der Waals surface area (Å²) in [6.07, 6.45) is 1.59. The highest BCUT2D eigenvalue weighted by Crippen LogP contribution is 2.24. The third kappa shape index (κ3) is 3.18. The lowest BCUT2D eigenvalue weighted by Crippen LogP contribution is -2.12. The summed E-state index contributed by atoms with van der Waals surface area (Å²) in [6.45, 7) is 1.93. The highest BCUT2D eigenvalue weighted by atomic mass is 16.5. The number of aromatic nitrogens is 2. The van der Waals surface area contributed by atoms with E-state index >= 15 is 0 Å². The minimum Gasteiger partial charge on any atom is -0.461 e. The van der Waals surface area contributed by atoms with Gasteiger partial charge in [0.25, 0.3) is 0 Å². The summed E-state index contributed by atoms with van der Waals surface area (Å²) in [4.78, 5) is 25.8. The van der Waals surface area contributed by atoms with Gasteiger partial charge in [-0.3, -0.25) is 4.79 Å². The van der Waals surface area contributed by atoms with Crippen molar-refractivity contribution in [2.45, 2.75) is 6.92 Å². The fraction of sp³-hybridized carbons (Fsp3) is 0.0870. The molecular formula is C23H18N2O3. The Labute approximate surface area is 162 Å². The van der Waals surface area contributed by atoms with Crippen molar-refractivity contribution in [2.24, 2.45) is 0 Å². The summed E-state index contributed by atoms with van der Waals surface area (Å²) in [5.41, 5.74) is 1.52. The molecule has 0 N–H and O–H groups in total. The van der Waals surface area contributed by atoms with Gasteiger partial charge in [-0.2, -0.15) is 5.10 Å². The molecule has 3 aromatic carbocycles. The zero-order chi connectivity index (χ0) is 19.5. The van der Waals surface area contributed by atoms with Crippen LogP contribution in [0, 0.1) is 0 Å². The van der Waals surface area contributed by atoms with Gasteiger partial charge in [0.05, 0.1) is 17.9 Å². The lowest BCUT2D eigenvalue weighted by molar-refractivity contribution is 0.0516. The van der Waals surface area contributed by atoms with Crippen molar-refractivity contribution in [1.29, 1.82) is 0 Å². The maximum absolute atomic E-state index is 13.4. The van der Waals surface area contributed by atoms with Crippen LogP contribution in [0.25, 0.3) is 16.5 Å². The van der Waals surface area contributed by atoms with Crippen LogP contribution < -0.4 is 0 Å². The lowest BCUT2D eigenvalue weighted by Gasteiger charge is -2.06. The summed E-state index contributed by atoms with van der Waals surface area (Å²) in [5.74, 6) is -0.872. The van der Waals surface area contributed by atoms with Gasteiger partial charge in [-0.25, -0.2) is 9.48 Å². The molecule has 0 aliphatic carbocycles. The molecule has 0 radical (unpaired) electrons. The molecule has 4 rings (SSSR count). The summed E-state index contributed by atoms with van der Waals surface area (Å²) >= 11 is 0. The first-order valence-electron chi connectivity index (χ1n) is 9.03. The summed E-state index contributed by atoms with van der Waals surface area (Å²) < 4.78 is 6.66. The number of hydrogen-bond donors (Lipinski definition) is 0. The first kappa shape index (κ1) is 17.7. The predicted octanol–water partition coefficient (Wildman–Crippen LogP) is 4.43. The molecule has 5 heteroatoms. The Morgan fingerprint density at radius 3 is 2.39 bits per heavy atom. The van der Waals surface area contributed by atoms with Gasteiger partial charge >= 0.3 is 5.97 Å². The van der Waals surface area contributed by atoms with E-state index in [-0.39, 0.29) is 23.6 Å². The number of carbonyl (C=O) groups is 2. The Kier molecular flexibility index (Phi) is 4.72. The largest absolute Gasteiger partial charge is 0.461 e. The number of para-hydroxylation sites is 1. The molecular weight excluding hydrogens is 352 g/mol. The van der Waals surface area contributed by atoms with Gasteiger partial charge < -0.3 is 4.74 Å². The fourth-order valence-electron chi connectivity index (χ4n) is 3.17. The van der Waals surface area contributed by atoms with Crippen LogP contribution in [0.2, 0.25) is 0 Å². The Morgan fingerprint density at radius 2 is 1.61 bits per heavy atom. The lowest BCUT2D eigenvalue weighted by atomic mass is 9.97. The van der Waals surface area contributed by atoms with Crippen molar-refractivity contribution in [3.8, 4) is 5.69 Å². The van der Waals surface area contributed by atoms with Crippen LogP contribution in [0.4, 0.5) is 0 Å². The van der Waals surface area contributed by atoms with Gasteiger partial charge in [0.2, 0.25) is 0 Å². The normalized spacial score (nSPS) is 10.8. The van der Waals surface area contributed by atoms with Gasteiger partial charge in [-0.15, -0.1) is 0 Å². The molecule has 28 heavy (non-hydrogen) atoms.